The molecule has 1 aliphatic heterocycles. The number of rotatable bonds is 4. The SMILES string of the molecule is Cc1ccc2oc(C(=O)N(C[C@H]3CCOC3)c3ccccc3)cc2c1. The van der Waals surface area contributed by atoms with E-state index in [0.29, 0.717) is 24.8 Å². The summed E-state index contributed by atoms with van der Waals surface area (Å²) < 4.78 is 11.3. The van der Waals surface area contributed by atoms with E-state index in [1.54, 1.807) is 0 Å². The van der Waals surface area contributed by atoms with E-state index in [9.17, 15) is 4.79 Å². The molecule has 4 nitrogen and oxygen atoms in total. The molecule has 128 valence electrons. The largest absolute Gasteiger partial charge is 0.451 e. The van der Waals surface area contributed by atoms with E-state index in [0.717, 1.165) is 35.2 Å². The van der Waals surface area contributed by atoms with Gasteiger partial charge in [-0.25, -0.2) is 0 Å². The molecule has 25 heavy (non-hydrogen) atoms. The van der Waals surface area contributed by atoms with Crippen LogP contribution in [-0.2, 0) is 4.74 Å². The predicted octanol–water partition coefficient (Wildman–Crippen LogP) is 4.42. The molecule has 0 unspecified atom stereocenters. The molecule has 0 aliphatic carbocycles. The van der Waals surface area contributed by atoms with Crippen LogP contribution in [0.5, 0.6) is 0 Å². The second-order valence-electron chi connectivity index (χ2n) is 6.63. The lowest BCUT2D eigenvalue weighted by atomic mass is 10.1. The van der Waals surface area contributed by atoms with Crippen molar-refractivity contribution in [3.8, 4) is 0 Å². The minimum Gasteiger partial charge on any atom is -0.451 e. The minimum atomic E-state index is -0.105. The van der Waals surface area contributed by atoms with E-state index in [-0.39, 0.29) is 5.91 Å². The summed E-state index contributed by atoms with van der Waals surface area (Å²) in [4.78, 5) is 15.0. The molecule has 0 radical (unpaired) electrons. The molecule has 2 heterocycles. The highest BCUT2D eigenvalue weighted by atomic mass is 16.5. The van der Waals surface area contributed by atoms with Crippen molar-refractivity contribution in [1.29, 1.82) is 0 Å². The molecule has 1 fully saturated rings. The first-order valence-electron chi connectivity index (χ1n) is 8.65. The molecule has 0 saturated carbocycles. The Balaban J connectivity index is 1.67. The Morgan fingerprint density at radius 3 is 2.76 bits per heavy atom. The number of furan rings is 1. The number of aryl methyl sites for hydroxylation is 1. The van der Waals surface area contributed by atoms with Gasteiger partial charge in [-0.05, 0) is 43.7 Å². The fraction of sp³-hybridized carbons (Fsp3) is 0.286. The zero-order valence-corrected chi connectivity index (χ0v) is 14.3. The smallest absolute Gasteiger partial charge is 0.294 e. The molecule has 1 saturated heterocycles. The predicted molar refractivity (Wildman–Crippen MR) is 98.0 cm³/mol. The Hall–Kier alpha value is -2.59. The van der Waals surface area contributed by atoms with Crippen LogP contribution in [0, 0.1) is 12.8 Å². The lowest BCUT2D eigenvalue weighted by Crippen LogP contribution is -2.35. The third kappa shape index (κ3) is 3.30. The van der Waals surface area contributed by atoms with Gasteiger partial charge in [-0.3, -0.25) is 4.79 Å². The number of amides is 1. The van der Waals surface area contributed by atoms with E-state index in [2.05, 4.69) is 0 Å². The van der Waals surface area contributed by atoms with E-state index in [4.69, 9.17) is 9.15 Å². The first kappa shape index (κ1) is 15.9. The summed E-state index contributed by atoms with van der Waals surface area (Å²) in [7, 11) is 0. The Morgan fingerprint density at radius 1 is 1.16 bits per heavy atom. The van der Waals surface area contributed by atoms with Gasteiger partial charge in [0.1, 0.15) is 5.58 Å². The summed E-state index contributed by atoms with van der Waals surface area (Å²) in [5, 5.41) is 0.959. The second-order valence-corrected chi connectivity index (χ2v) is 6.63. The summed E-state index contributed by atoms with van der Waals surface area (Å²) in [6.45, 7) is 4.14. The van der Waals surface area contributed by atoms with Gasteiger partial charge in [0, 0.05) is 30.1 Å². The molecular weight excluding hydrogens is 314 g/mol. The standard InChI is InChI=1S/C21H21NO3/c1-15-7-8-19-17(11-15)12-20(25-19)21(23)22(13-16-9-10-24-14-16)18-5-3-2-4-6-18/h2-8,11-12,16H,9-10,13-14H2,1H3/t16-/m1/s1. The van der Waals surface area contributed by atoms with Crippen LogP contribution in [-0.4, -0.2) is 25.7 Å². The van der Waals surface area contributed by atoms with E-state index in [1.807, 2.05) is 66.4 Å². The molecule has 0 N–H and O–H groups in total. The Labute approximate surface area is 147 Å². The normalized spacial score (nSPS) is 17.1. The van der Waals surface area contributed by atoms with Gasteiger partial charge in [-0.15, -0.1) is 0 Å². The lowest BCUT2D eigenvalue weighted by Gasteiger charge is -2.24. The molecular formula is C21H21NO3. The molecule has 4 heteroatoms. The van der Waals surface area contributed by atoms with Gasteiger partial charge in [0.25, 0.3) is 5.91 Å². The Bertz CT molecular complexity index is 879. The average molecular weight is 335 g/mol. The summed E-state index contributed by atoms with van der Waals surface area (Å²) in [5.74, 6) is 0.631. The Kier molecular flexibility index (Phi) is 4.28. The van der Waals surface area contributed by atoms with Crippen LogP contribution in [0.3, 0.4) is 0 Å². The number of fused-ring (bicyclic) bond motifs is 1. The van der Waals surface area contributed by atoms with Gasteiger partial charge < -0.3 is 14.1 Å². The van der Waals surface area contributed by atoms with Crippen molar-refractivity contribution < 1.29 is 13.9 Å². The first-order valence-corrected chi connectivity index (χ1v) is 8.65. The van der Waals surface area contributed by atoms with Crippen LogP contribution < -0.4 is 4.90 Å². The van der Waals surface area contributed by atoms with Crippen molar-refractivity contribution in [2.24, 2.45) is 5.92 Å². The number of hydrogen-bond donors (Lipinski definition) is 0. The summed E-state index contributed by atoms with van der Waals surface area (Å²) >= 11 is 0. The van der Waals surface area contributed by atoms with Crippen LogP contribution in [0.2, 0.25) is 0 Å². The summed E-state index contributed by atoms with van der Waals surface area (Å²) in [6, 6.07) is 17.5. The highest BCUT2D eigenvalue weighted by molar-refractivity contribution is 6.06. The fourth-order valence-electron chi connectivity index (χ4n) is 3.30. The number of para-hydroxylation sites is 1. The fourth-order valence-corrected chi connectivity index (χ4v) is 3.30. The van der Waals surface area contributed by atoms with Crippen molar-refractivity contribution in [2.75, 3.05) is 24.7 Å². The monoisotopic (exact) mass is 335 g/mol. The van der Waals surface area contributed by atoms with Gasteiger partial charge in [0.2, 0.25) is 0 Å². The maximum Gasteiger partial charge on any atom is 0.294 e. The zero-order valence-electron chi connectivity index (χ0n) is 14.3. The molecule has 1 amide bonds. The highest BCUT2D eigenvalue weighted by Crippen LogP contribution is 2.26. The molecule has 1 aromatic heterocycles. The zero-order chi connectivity index (χ0) is 17.2. The first-order chi connectivity index (χ1) is 12.2. The number of nitrogens with zero attached hydrogens (tertiary/aromatic N) is 1. The maximum absolute atomic E-state index is 13.2. The third-order valence-electron chi connectivity index (χ3n) is 4.66. The van der Waals surface area contributed by atoms with Crippen LogP contribution >= 0.6 is 0 Å². The molecule has 1 aliphatic rings. The van der Waals surface area contributed by atoms with Crippen molar-refractivity contribution >= 4 is 22.6 Å². The minimum absolute atomic E-state index is 0.105. The van der Waals surface area contributed by atoms with Crippen LogP contribution in [0.4, 0.5) is 5.69 Å². The van der Waals surface area contributed by atoms with Crippen LogP contribution in [0.15, 0.2) is 59.0 Å². The molecule has 0 bridgehead atoms. The number of anilines is 1. The van der Waals surface area contributed by atoms with Crippen molar-refractivity contribution in [1.82, 2.24) is 0 Å². The molecule has 1 atom stereocenters. The number of benzene rings is 2. The van der Waals surface area contributed by atoms with Crippen molar-refractivity contribution in [2.45, 2.75) is 13.3 Å². The number of carbonyl (C=O) groups is 1. The topological polar surface area (TPSA) is 42.7 Å². The number of carbonyl (C=O) groups excluding carboxylic acids is 1. The van der Waals surface area contributed by atoms with Gasteiger partial charge >= 0.3 is 0 Å². The van der Waals surface area contributed by atoms with Gasteiger partial charge in [0.15, 0.2) is 5.76 Å². The lowest BCUT2D eigenvalue weighted by molar-refractivity contribution is 0.0956. The second kappa shape index (κ2) is 6.73. The van der Waals surface area contributed by atoms with E-state index in [1.165, 1.54) is 0 Å². The van der Waals surface area contributed by atoms with E-state index < -0.39 is 0 Å². The van der Waals surface area contributed by atoms with Gasteiger partial charge in [-0.1, -0.05) is 29.8 Å². The van der Waals surface area contributed by atoms with Crippen LogP contribution in [0.1, 0.15) is 22.5 Å². The van der Waals surface area contributed by atoms with Crippen molar-refractivity contribution in [3.63, 3.8) is 0 Å². The molecule has 0 spiro atoms. The van der Waals surface area contributed by atoms with Gasteiger partial charge in [-0.2, -0.15) is 0 Å². The van der Waals surface area contributed by atoms with Crippen LogP contribution in [0.25, 0.3) is 11.0 Å². The maximum atomic E-state index is 13.2. The molecule has 3 aromatic rings. The van der Waals surface area contributed by atoms with E-state index >= 15 is 0 Å². The molecule has 2 aromatic carbocycles. The third-order valence-corrected chi connectivity index (χ3v) is 4.66. The summed E-state index contributed by atoms with van der Waals surface area (Å²) in [5.41, 5.74) is 2.78. The highest BCUT2D eigenvalue weighted by Gasteiger charge is 2.26. The van der Waals surface area contributed by atoms with Gasteiger partial charge in [0.05, 0.1) is 6.61 Å². The molecule has 4 rings (SSSR count). The summed E-state index contributed by atoms with van der Waals surface area (Å²) in [6.07, 6.45) is 0.982. The number of hydrogen-bond acceptors (Lipinski definition) is 3. The average Bonchev–Trinajstić information content (AvgIpc) is 3.29. The number of ether oxygens (including phenoxy) is 1. The Morgan fingerprint density at radius 2 is 2.00 bits per heavy atom. The van der Waals surface area contributed by atoms with Crippen molar-refractivity contribution in [3.05, 3.63) is 65.9 Å². The quantitative estimate of drug-likeness (QED) is 0.708.